The molecule has 1 aliphatic carbocycles. The summed E-state index contributed by atoms with van der Waals surface area (Å²) in [6, 6.07) is 5.38. The second-order valence-electron chi connectivity index (χ2n) is 8.09. The summed E-state index contributed by atoms with van der Waals surface area (Å²) in [4.78, 5) is 30.1. The molecule has 0 spiro atoms. The fraction of sp³-hybridized carbons (Fsp3) is 0.571. The van der Waals surface area contributed by atoms with Crippen LogP contribution in [0.2, 0.25) is 5.02 Å². The topological polar surface area (TPSA) is 64.0 Å². The number of rotatable bonds is 6. The van der Waals surface area contributed by atoms with E-state index in [0.29, 0.717) is 39.5 Å². The minimum atomic E-state index is -0.0841. The maximum Gasteiger partial charge on any atom is 0.262 e. The smallest absolute Gasteiger partial charge is 0.262 e. The van der Waals surface area contributed by atoms with Crippen molar-refractivity contribution in [3.63, 3.8) is 0 Å². The van der Waals surface area contributed by atoms with Crippen LogP contribution in [-0.4, -0.2) is 27.3 Å². The number of aromatic nitrogens is 2. The number of fused-ring (bicyclic) bond motifs is 1. The molecule has 5 nitrogen and oxygen atoms in total. The molecule has 2 atom stereocenters. The number of nitrogens with one attached hydrogen (secondary N) is 1. The Morgan fingerprint density at radius 3 is 2.82 bits per heavy atom. The molecule has 0 unspecified atom stereocenters. The molecule has 1 aliphatic rings. The van der Waals surface area contributed by atoms with Crippen LogP contribution in [0.1, 0.15) is 46.5 Å². The Bertz CT molecular complexity index is 912. The lowest BCUT2D eigenvalue weighted by molar-refractivity contribution is -0.119. The SMILES string of the molecule is CC(C)Cn1c(SCC(=O)N[C@H]2CCCC[C@H]2C)nc2cc(Cl)ccc2c1=O. The van der Waals surface area contributed by atoms with Gasteiger partial charge in [0.1, 0.15) is 0 Å². The fourth-order valence-electron chi connectivity index (χ4n) is 3.72. The van der Waals surface area contributed by atoms with Gasteiger partial charge in [0, 0.05) is 17.6 Å². The minimum absolute atomic E-state index is 0.000266. The lowest BCUT2D eigenvalue weighted by Gasteiger charge is -2.29. The van der Waals surface area contributed by atoms with Crippen LogP contribution in [0.25, 0.3) is 10.9 Å². The second kappa shape index (κ2) is 9.31. The largest absolute Gasteiger partial charge is 0.352 e. The predicted molar refractivity (Wildman–Crippen MR) is 116 cm³/mol. The maximum atomic E-state index is 13.0. The highest BCUT2D eigenvalue weighted by Crippen LogP contribution is 2.25. The van der Waals surface area contributed by atoms with Gasteiger partial charge >= 0.3 is 0 Å². The van der Waals surface area contributed by atoms with Crippen LogP contribution in [0.3, 0.4) is 0 Å². The van der Waals surface area contributed by atoms with Crippen molar-refractivity contribution in [2.75, 3.05) is 5.75 Å². The normalized spacial score (nSPS) is 19.9. The number of carbonyl (C=O) groups excluding carboxylic acids is 1. The van der Waals surface area contributed by atoms with Gasteiger partial charge in [-0.3, -0.25) is 14.2 Å². The van der Waals surface area contributed by atoms with Gasteiger partial charge in [-0.25, -0.2) is 4.98 Å². The van der Waals surface area contributed by atoms with Crippen LogP contribution >= 0.6 is 23.4 Å². The number of amides is 1. The van der Waals surface area contributed by atoms with E-state index in [1.54, 1.807) is 22.8 Å². The van der Waals surface area contributed by atoms with Gasteiger partial charge in [-0.15, -0.1) is 0 Å². The number of benzene rings is 1. The molecular formula is C21H28ClN3O2S. The van der Waals surface area contributed by atoms with E-state index < -0.39 is 0 Å². The van der Waals surface area contributed by atoms with Gasteiger partial charge in [0.15, 0.2) is 5.16 Å². The highest BCUT2D eigenvalue weighted by Gasteiger charge is 2.23. The van der Waals surface area contributed by atoms with Crippen molar-refractivity contribution in [1.29, 1.82) is 0 Å². The third kappa shape index (κ3) is 5.09. The van der Waals surface area contributed by atoms with Crippen molar-refractivity contribution in [3.8, 4) is 0 Å². The van der Waals surface area contributed by atoms with E-state index in [1.165, 1.54) is 31.0 Å². The van der Waals surface area contributed by atoms with Crippen LogP contribution in [0.15, 0.2) is 28.2 Å². The molecule has 1 heterocycles. The van der Waals surface area contributed by atoms with Crippen molar-refractivity contribution in [3.05, 3.63) is 33.6 Å². The number of halogens is 1. The Kier molecular flexibility index (Phi) is 7.05. The van der Waals surface area contributed by atoms with E-state index >= 15 is 0 Å². The van der Waals surface area contributed by atoms with Crippen LogP contribution in [-0.2, 0) is 11.3 Å². The quantitative estimate of drug-likeness (QED) is 0.551. The molecule has 1 aromatic heterocycles. The van der Waals surface area contributed by atoms with E-state index in [4.69, 9.17) is 11.6 Å². The minimum Gasteiger partial charge on any atom is -0.352 e. The molecule has 28 heavy (non-hydrogen) atoms. The Hall–Kier alpha value is -1.53. The van der Waals surface area contributed by atoms with Gasteiger partial charge in [-0.05, 0) is 42.9 Å². The zero-order valence-electron chi connectivity index (χ0n) is 16.7. The molecule has 2 aromatic rings. The first-order chi connectivity index (χ1) is 13.3. The summed E-state index contributed by atoms with van der Waals surface area (Å²) in [5.74, 6) is 1.06. The Balaban J connectivity index is 1.80. The summed E-state index contributed by atoms with van der Waals surface area (Å²) in [5, 5.41) is 4.83. The third-order valence-corrected chi connectivity index (χ3v) is 6.43. The molecule has 0 radical (unpaired) electrons. The molecule has 7 heteroatoms. The Morgan fingerprint density at radius 1 is 1.36 bits per heavy atom. The number of hydrogen-bond acceptors (Lipinski definition) is 4. The fourth-order valence-corrected chi connectivity index (χ4v) is 4.71. The Morgan fingerprint density at radius 2 is 2.11 bits per heavy atom. The summed E-state index contributed by atoms with van der Waals surface area (Å²) in [6.07, 6.45) is 4.62. The maximum absolute atomic E-state index is 13.0. The van der Waals surface area contributed by atoms with E-state index in [9.17, 15) is 9.59 Å². The monoisotopic (exact) mass is 421 g/mol. The zero-order valence-corrected chi connectivity index (χ0v) is 18.3. The van der Waals surface area contributed by atoms with Gasteiger partial charge in [-0.2, -0.15) is 0 Å². The highest BCUT2D eigenvalue weighted by molar-refractivity contribution is 7.99. The molecule has 3 rings (SSSR count). The summed E-state index contributed by atoms with van der Waals surface area (Å²) in [6.45, 7) is 6.88. The van der Waals surface area contributed by atoms with Gasteiger partial charge in [0.2, 0.25) is 5.91 Å². The molecule has 1 fully saturated rings. The van der Waals surface area contributed by atoms with E-state index in [2.05, 4.69) is 31.1 Å². The zero-order chi connectivity index (χ0) is 20.3. The second-order valence-corrected chi connectivity index (χ2v) is 9.47. The number of carbonyl (C=O) groups is 1. The van der Waals surface area contributed by atoms with Crippen molar-refractivity contribution < 1.29 is 4.79 Å². The molecule has 1 amide bonds. The summed E-state index contributed by atoms with van der Waals surface area (Å²) < 4.78 is 1.68. The lowest BCUT2D eigenvalue weighted by Crippen LogP contribution is -2.42. The van der Waals surface area contributed by atoms with E-state index in [-0.39, 0.29) is 23.3 Å². The number of hydrogen-bond donors (Lipinski definition) is 1. The van der Waals surface area contributed by atoms with Gasteiger partial charge < -0.3 is 5.32 Å². The van der Waals surface area contributed by atoms with Gasteiger partial charge in [-0.1, -0.05) is 57.0 Å². The average Bonchev–Trinajstić information content (AvgIpc) is 2.64. The molecule has 0 saturated heterocycles. The molecule has 0 bridgehead atoms. The van der Waals surface area contributed by atoms with Crippen molar-refractivity contribution >= 4 is 40.2 Å². The van der Waals surface area contributed by atoms with Crippen molar-refractivity contribution in [2.45, 2.75) is 64.2 Å². The third-order valence-electron chi connectivity index (χ3n) is 5.22. The first kappa shape index (κ1) is 21.2. The standard InChI is InChI=1S/C21H28ClN3O2S/c1-13(2)11-25-20(27)16-9-8-15(22)10-18(16)24-21(25)28-12-19(26)23-17-7-5-4-6-14(17)3/h8-10,13-14,17H,4-7,11-12H2,1-3H3,(H,23,26)/t14-,17+/m1/s1. The van der Waals surface area contributed by atoms with Gasteiger partial charge in [0.25, 0.3) is 5.56 Å². The molecule has 1 aromatic carbocycles. The number of thioether (sulfide) groups is 1. The van der Waals surface area contributed by atoms with Crippen LogP contribution in [0.5, 0.6) is 0 Å². The summed E-state index contributed by atoms with van der Waals surface area (Å²) in [7, 11) is 0. The van der Waals surface area contributed by atoms with Crippen LogP contribution in [0, 0.1) is 11.8 Å². The molecule has 1 N–H and O–H groups in total. The summed E-state index contributed by atoms with van der Waals surface area (Å²) >= 11 is 7.40. The first-order valence-corrected chi connectivity index (χ1v) is 11.3. The van der Waals surface area contributed by atoms with Crippen LogP contribution < -0.4 is 10.9 Å². The average molecular weight is 422 g/mol. The molecule has 1 saturated carbocycles. The van der Waals surface area contributed by atoms with E-state index in [1.807, 2.05) is 0 Å². The summed E-state index contributed by atoms with van der Waals surface area (Å²) in [5.41, 5.74) is 0.487. The van der Waals surface area contributed by atoms with E-state index in [0.717, 1.165) is 6.42 Å². The van der Waals surface area contributed by atoms with Crippen molar-refractivity contribution in [2.24, 2.45) is 11.8 Å². The van der Waals surface area contributed by atoms with Crippen LogP contribution in [0.4, 0.5) is 0 Å². The number of nitrogens with zero attached hydrogens (tertiary/aromatic N) is 2. The molecule has 0 aliphatic heterocycles. The molecular weight excluding hydrogens is 394 g/mol. The predicted octanol–water partition coefficient (Wildman–Crippen LogP) is 4.49. The van der Waals surface area contributed by atoms with Crippen molar-refractivity contribution in [1.82, 2.24) is 14.9 Å². The molecule has 152 valence electrons. The Labute approximate surface area is 175 Å². The van der Waals surface area contributed by atoms with Gasteiger partial charge in [0.05, 0.1) is 16.7 Å². The highest BCUT2D eigenvalue weighted by atomic mass is 35.5. The first-order valence-electron chi connectivity index (χ1n) is 9.97. The lowest BCUT2D eigenvalue weighted by atomic mass is 9.86.